The molecular formula is C17H24N2O. The van der Waals surface area contributed by atoms with E-state index in [1.165, 1.54) is 61.7 Å². The lowest BCUT2D eigenvalue weighted by molar-refractivity contribution is 0.240. The molecule has 1 aromatic heterocycles. The summed E-state index contributed by atoms with van der Waals surface area (Å²) in [5.41, 5.74) is 2.59. The number of nitrogens with zero attached hydrogens (tertiary/aromatic N) is 1. The predicted octanol–water partition coefficient (Wildman–Crippen LogP) is 3.94. The third-order valence-corrected chi connectivity index (χ3v) is 4.32. The second-order valence-electron chi connectivity index (χ2n) is 5.77. The highest BCUT2D eigenvalue weighted by molar-refractivity contribution is 5.84. The van der Waals surface area contributed by atoms with E-state index in [2.05, 4.69) is 28.2 Å². The molecule has 0 unspecified atom stereocenters. The predicted molar refractivity (Wildman–Crippen MR) is 83.2 cm³/mol. The molecule has 0 saturated carbocycles. The Hall–Kier alpha value is -1.48. The van der Waals surface area contributed by atoms with Crippen molar-refractivity contribution in [2.75, 3.05) is 20.2 Å². The Labute approximate surface area is 120 Å². The number of rotatable bonds is 3. The Bertz CT molecular complexity index is 553. The molecule has 0 aliphatic carbocycles. The molecule has 108 valence electrons. The zero-order chi connectivity index (χ0) is 13.8. The van der Waals surface area contributed by atoms with Gasteiger partial charge in [-0.3, -0.25) is 4.90 Å². The van der Waals surface area contributed by atoms with E-state index in [0.29, 0.717) is 0 Å². The summed E-state index contributed by atoms with van der Waals surface area (Å²) in [6.45, 7) is 3.51. The summed E-state index contributed by atoms with van der Waals surface area (Å²) in [7, 11) is 1.73. The average Bonchev–Trinajstić information content (AvgIpc) is 2.84. The van der Waals surface area contributed by atoms with Gasteiger partial charge >= 0.3 is 0 Å². The summed E-state index contributed by atoms with van der Waals surface area (Å²) in [5, 5.41) is 1.30. The molecule has 1 saturated heterocycles. The number of methoxy groups -OCH3 is 1. The van der Waals surface area contributed by atoms with Crippen molar-refractivity contribution in [2.45, 2.75) is 38.6 Å². The highest BCUT2D eigenvalue weighted by Gasteiger charge is 2.12. The van der Waals surface area contributed by atoms with Crippen molar-refractivity contribution < 1.29 is 4.74 Å². The third kappa shape index (κ3) is 2.98. The van der Waals surface area contributed by atoms with Crippen LogP contribution < -0.4 is 4.74 Å². The number of aromatic amines is 1. The molecule has 3 nitrogen and oxygen atoms in total. The van der Waals surface area contributed by atoms with Gasteiger partial charge in [-0.1, -0.05) is 19.3 Å². The molecule has 3 rings (SSSR count). The van der Waals surface area contributed by atoms with Gasteiger partial charge in [0.25, 0.3) is 0 Å². The van der Waals surface area contributed by atoms with Crippen LogP contribution in [0.5, 0.6) is 5.75 Å². The molecule has 1 aliphatic rings. The number of benzene rings is 1. The van der Waals surface area contributed by atoms with Gasteiger partial charge in [-0.15, -0.1) is 0 Å². The molecule has 2 heterocycles. The van der Waals surface area contributed by atoms with Gasteiger partial charge in [-0.05, 0) is 49.7 Å². The lowest BCUT2D eigenvalue weighted by Gasteiger charge is -2.24. The number of fused-ring (bicyclic) bond motifs is 1. The summed E-state index contributed by atoms with van der Waals surface area (Å²) in [6.07, 6.45) is 9.02. The van der Waals surface area contributed by atoms with Crippen molar-refractivity contribution in [3.63, 3.8) is 0 Å². The fourth-order valence-corrected chi connectivity index (χ4v) is 3.13. The van der Waals surface area contributed by atoms with Crippen molar-refractivity contribution in [3.8, 4) is 5.75 Å². The van der Waals surface area contributed by atoms with E-state index in [0.717, 1.165) is 12.3 Å². The van der Waals surface area contributed by atoms with Crippen LogP contribution in [-0.2, 0) is 6.54 Å². The van der Waals surface area contributed by atoms with Crippen LogP contribution in [-0.4, -0.2) is 30.1 Å². The van der Waals surface area contributed by atoms with Crippen molar-refractivity contribution in [1.82, 2.24) is 9.88 Å². The van der Waals surface area contributed by atoms with Crippen LogP contribution in [0.3, 0.4) is 0 Å². The van der Waals surface area contributed by atoms with Crippen LogP contribution >= 0.6 is 0 Å². The number of H-pyrrole nitrogens is 1. The highest BCUT2D eigenvalue weighted by Crippen LogP contribution is 2.25. The topological polar surface area (TPSA) is 28.3 Å². The minimum atomic E-state index is 0.936. The molecule has 0 bridgehead atoms. The van der Waals surface area contributed by atoms with Crippen molar-refractivity contribution in [3.05, 3.63) is 30.0 Å². The lowest BCUT2D eigenvalue weighted by Crippen LogP contribution is -2.26. The lowest BCUT2D eigenvalue weighted by atomic mass is 10.1. The standard InChI is InChI=1S/C17H24N2O/c1-20-15-7-8-17-16(11-15)14(12-18-17)13-19-9-5-3-2-4-6-10-19/h7-8,11-12,18H,2-6,9-10,13H2,1H3. The fraction of sp³-hybridized carbons (Fsp3) is 0.529. The van der Waals surface area contributed by atoms with E-state index in [4.69, 9.17) is 4.74 Å². The maximum absolute atomic E-state index is 5.35. The quantitative estimate of drug-likeness (QED) is 0.916. The first-order chi connectivity index (χ1) is 9.86. The van der Waals surface area contributed by atoms with Gasteiger partial charge < -0.3 is 9.72 Å². The molecule has 2 aromatic rings. The Morgan fingerprint density at radius 1 is 1.10 bits per heavy atom. The SMILES string of the molecule is COc1ccc2[nH]cc(CN3CCCCCCC3)c2c1. The van der Waals surface area contributed by atoms with Crippen LogP contribution in [0.2, 0.25) is 0 Å². The van der Waals surface area contributed by atoms with E-state index in [9.17, 15) is 0 Å². The molecule has 1 aromatic carbocycles. The van der Waals surface area contributed by atoms with E-state index in [1.54, 1.807) is 7.11 Å². The van der Waals surface area contributed by atoms with Gasteiger partial charge in [-0.2, -0.15) is 0 Å². The number of ether oxygens (including phenoxy) is 1. The summed E-state index contributed by atoms with van der Waals surface area (Å²) in [4.78, 5) is 5.97. The van der Waals surface area contributed by atoms with Gasteiger partial charge in [0.2, 0.25) is 0 Å². The zero-order valence-corrected chi connectivity index (χ0v) is 12.3. The van der Waals surface area contributed by atoms with Crippen molar-refractivity contribution in [2.24, 2.45) is 0 Å². The fourth-order valence-electron chi connectivity index (χ4n) is 3.13. The zero-order valence-electron chi connectivity index (χ0n) is 12.3. The van der Waals surface area contributed by atoms with E-state index in [1.807, 2.05) is 6.07 Å². The first kappa shape index (κ1) is 13.5. The van der Waals surface area contributed by atoms with Crippen LogP contribution in [0.25, 0.3) is 10.9 Å². The molecular weight excluding hydrogens is 248 g/mol. The Kier molecular flexibility index (Phi) is 4.26. The Balaban J connectivity index is 1.78. The molecule has 0 amide bonds. The summed E-state index contributed by atoms with van der Waals surface area (Å²) >= 11 is 0. The third-order valence-electron chi connectivity index (χ3n) is 4.32. The minimum Gasteiger partial charge on any atom is -0.497 e. The summed E-state index contributed by atoms with van der Waals surface area (Å²) in [5.74, 6) is 0.936. The Morgan fingerprint density at radius 3 is 2.60 bits per heavy atom. The minimum absolute atomic E-state index is 0.936. The molecule has 0 radical (unpaired) electrons. The molecule has 0 spiro atoms. The largest absolute Gasteiger partial charge is 0.497 e. The summed E-state index contributed by atoms with van der Waals surface area (Å²) < 4.78 is 5.35. The number of likely N-dealkylation sites (tertiary alicyclic amines) is 1. The second kappa shape index (κ2) is 6.31. The first-order valence-corrected chi connectivity index (χ1v) is 7.73. The molecule has 1 aliphatic heterocycles. The molecule has 1 N–H and O–H groups in total. The first-order valence-electron chi connectivity index (χ1n) is 7.73. The highest BCUT2D eigenvalue weighted by atomic mass is 16.5. The van der Waals surface area contributed by atoms with Gasteiger partial charge in [0.05, 0.1) is 7.11 Å². The summed E-state index contributed by atoms with van der Waals surface area (Å²) in [6, 6.07) is 6.26. The number of aromatic nitrogens is 1. The second-order valence-corrected chi connectivity index (χ2v) is 5.77. The van der Waals surface area contributed by atoms with Gasteiger partial charge in [-0.25, -0.2) is 0 Å². The van der Waals surface area contributed by atoms with Crippen LogP contribution in [0, 0.1) is 0 Å². The molecule has 0 atom stereocenters. The van der Waals surface area contributed by atoms with E-state index in [-0.39, 0.29) is 0 Å². The number of hydrogen-bond donors (Lipinski definition) is 1. The normalized spacial score (nSPS) is 17.9. The van der Waals surface area contributed by atoms with Gasteiger partial charge in [0.1, 0.15) is 5.75 Å². The van der Waals surface area contributed by atoms with Crippen LogP contribution in [0.1, 0.15) is 37.7 Å². The Morgan fingerprint density at radius 2 is 1.85 bits per heavy atom. The van der Waals surface area contributed by atoms with Crippen LogP contribution in [0.4, 0.5) is 0 Å². The smallest absolute Gasteiger partial charge is 0.119 e. The van der Waals surface area contributed by atoms with Crippen molar-refractivity contribution in [1.29, 1.82) is 0 Å². The molecule has 1 fully saturated rings. The monoisotopic (exact) mass is 272 g/mol. The van der Waals surface area contributed by atoms with Crippen LogP contribution in [0.15, 0.2) is 24.4 Å². The van der Waals surface area contributed by atoms with Crippen molar-refractivity contribution >= 4 is 10.9 Å². The van der Waals surface area contributed by atoms with Gasteiger partial charge in [0.15, 0.2) is 0 Å². The average molecular weight is 272 g/mol. The maximum atomic E-state index is 5.35. The number of hydrogen-bond acceptors (Lipinski definition) is 2. The van der Waals surface area contributed by atoms with Gasteiger partial charge in [0, 0.05) is 23.6 Å². The van der Waals surface area contributed by atoms with E-state index < -0.39 is 0 Å². The molecule has 20 heavy (non-hydrogen) atoms. The van der Waals surface area contributed by atoms with E-state index >= 15 is 0 Å². The molecule has 3 heteroatoms. The maximum Gasteiger partial charge on any atom is 0.119 e. The number of nitrogens with one attached hydrogen (secondary N) is 1.